The number of hydrogen-bond acceptors (Lipinski definition) is 4. The summed E-state index contributed by atoms with van der Waals surface area (Å²) in [4.78, 5) is 11.2. The van der Waals surface area contributed by atoms with Gasteiger partial charge in [-0.2, -0.15) is 0 Å². The number of anilines is 1. The molecule has 1 aromatic rings. The molecule has 0 saturated heterocycles. The van der Waals surface area contributed by atoms with Crippen LogP contribution in [-0.2, 0) is 9.47 Å². The van der Waals surface area contributed by atoms with E-state index in [-0.39, 0.29) is 5.69 Å². The number of ether oxygens (including phenoxy) is 2. The van der Waals surface area contributed by atoms with Crippen molar-refractivity contribution in [1.82, 2.24) is 0 Å². The molecule has 0 aliphatic rings. The molecule has 0 bridgehead atoms. The third kappa shape index (κ3) is 4.45. The van der Waals surface area contributed by atoms with E-state index < -0.39 is 23.2 Å². The minimum absolute atomic E-state index is 0.00533. The fourth-order valence-corrected chi connectivity index (χ4v) is 1.56. The highest BCUT2D eigenvalue weighted by Crippen LogP contribution is 2.21. The molecule has 0 saturated carbocycles. The molecule has 0 aliphatic heterocycles. The van der Waals surface area contributed by atoms with Crippen LogP contribution < -0.4 is 5.32 Å². The summed E-state index contributed by atoms with van der Waals surface area (Å²) < 4.78 is 37.0. The van der Waals surface area contributed by atoms with E-state index in [1.54, 1.807) is 0 Å². The van der Waals surface area contributed by atoms with E-state index in [9.17, 15) is 13.6 Å². The van der Waals surface area contributed by atoms with Gasteiger partial charge in [0.15, 0.2) is 11.6 Å². The molecule has 4 nitrogen and oxygen atoms in total. The van der Waals surface area contributed by atoms with Crippen molar-refractivity contribution >= 4 is 11.7 Å². The average molecular weight is 287 g/mol. The summed E-state index contributed by atoms with van der Waals surface area (Å²) in [5.41, 5.74) is -0.427. The van der Waals surface area contributed by atoms with Gasteiger partial charge in [0.25, 0.3) is 0 Å². The Kier molecular flexibility index (Phi) is 6.93. The molecule has 1 rings (SSSR count). The van der Waals surface area contributed by atoms with Crippen LogP contribution in [0.4, 0.5) is 14.5 Å². The number of unbranched alkanes of at least 4 members (excludes halogenated alkanes) is 1. The zero-order valence-corrected chi connectivity index (χ0v) is 11.7. The van der Waals surface area contributed by atoms with E-state index in [0.29, 0.717) is 19.8 Å². The molecule has 0 aliphatic carbocycles. The number of carbonyl (C=O) groups excluding carboxylic acids is 1. The summed E-state index contributed by atoms with van der Waals surface area (Å²) in [5, 5.41) is 2.72. The molecule has 6 heteroatoms. The smallest absolute Gasteiger partial charge is 0.340 e. The molecular weight excluding hydrogens is 268 g/mol. The number of methoxy groups -OCH3 is 1. The topological polar surface area (TPSA) is 47.6 Å². The van der Waals surface area contributed by atoms with Gasteiger partial charge in [-0.1, -0.05) is 13.3 Å². The Balaban J connectivity index is 2.55. The van der Waals surface area contributed by atoms with E-state index in [4.69, 9.17) is 4.74 Å². The molecule has 0 amide bonds. The van der Waals surface area contributed by atoms with Crippen LogP contribution in [0, 0.1) is 11.6 Å². The van der Waals surface area contributed by atoms with Crippen LogP contribution >= 0.6 is 0 Å². The van der Waals surface area contributed by atoms with Crippen LogP contribution in [0.25, 0.3) is 0 Å². The summed E-state index contributed by atoms with van der Waals surface area (Å²) in [7, 11) is 1.11. The second kappa shape index (κ2) is 8.47. The van der Waals surface area contributed by atoms with Crippen molar-refractivity contribution in [3.05, 3.63) is 29.3 Å². The van der Waals surface area contributed by atoms with Gasteiger partial charge >= 0.3 is 5.97 Å². The van der Waals surface area contributed by atoms with Crippen molar-refractivity contribution in [3.8, 4) is 0 Å². The number of halogens is 2. The lowest BCUT2D eigenvalue weighted by molar-refractivity contribution is 0.0594. The van der Waals surface area contributed by atoms with Gasteiger partial charge < -0.3 is 14.8 Å². The summed E-state index contributed by atoms with van der Waals surface area (Å²) >= 11 is 0. The van der Waals surface area contributed by atoms with Crippen molar-refractivity contribution in [2.45, 2.75) is 19.8 Å². The SMILES string of the molecule is CCCCOCCNc1ccc(C(=O)OC)c(F)c1F. The molecule has 0 atom stereocenters. The van der Waals surface area contributed by atoms with E-state index in [0.717, 1.165) is 20.0 Å². The number of esters is 1. The maximum absolute atomic E-state index is 13.7. The van der Waals surface area contributed by atoms with Gasteiger partial charge in [-0.3, -0.25) is 0 Å². The molecule has 0 spiro atoms. The van der Waals surface area contributed by atoms with Gasteiger partial charge in [0, 0.05) is 13.2 Å². The Morgan fingerprint density at radius 3 is 2.65 bits per heavy atom. The van der Waals surface area contributed by atoms with Crippen LogP contribution in [0.3, 0.4) is 0 Å². The van der Waals surface area contributed by atoms with Crippen LogP contribution in [0.15, 0.2) is 12.1 Å². The normalized spacial score (nSPS) is 10.4. The predicted octanol–water partition coefficient (Wildman–Crippen LogP) is 2.98. The zero-order valence-electron chi connectivity index (χ0n) is 11.7. The van der Waals surface area contributed by atoms with Gasteiger partial charge in [0.05, 0.1) is 25.0 Å². The fourth-order valence-electron chi connectivity index (χ4n) is 1.56. The highest BCUT2D eigenvalue weighted by molar-refractivity contribution is 5.90. The monoisotopic (exact) mass is 287 g/mol. The quantitative estimate of drug-likeness (QED) is 0.590. The third-order valence-electron chi connectivity index (χ3n) is 2.69. The first kappa shape index (κ1) is 16.4. The minimum Gasteiger partial charge on any atom is -0.465 e. The molecule has 0 unspecified atom stereocenters. The van der Waals surface area contributed by atoms with Gasteiger partial charge in [0.2, 0.25) is 0 Å². The molecule has 1 N–H and O–H groups in total. The lowest BCUT2D eigenvalue weighted by Gasteiger charge is -2.10. The van der Waals surface area contributed by atoms with Crippen molar-refractivity contribution in [2.24, 2.45) is 0 Å². The van der Waals surface area contributed by atoms with Crippen LogP contribution in [0.1, 0.15) is 30.1 Å². The fraction of sp³-hybridized carbons (Fsp3) is 0.500. The van der Waals surface area contributed by atoms with Gasteiger partial charge in [-0.05, 0) is 18.6 Å². The number of benzene rings is 1. The van der Waals surface area contributed by atoms with E-state index in [2.05, 4.69) is 17.0 Å². The summed E-state index contributed by atoms with van der Waals surface area (Å²) in [6.07, 6.45) is 2.01. The van der Waals surface area contributed by atoms with Crippen LogP contribution in [-0.4, -0.2) is 32.8 Å². The summed E-state index contributed by atoms with van der Waals surface area (Å²) in [5.74, 6) is -3.22. The molecular formula is C14H19F2NO3. The number of rotatable bonds is 8. The first-order chi connectivity index (χ1) is 9.61. The van der Waals surface area contributed by atoms with Crippen LogP contribution in [0.2, 0.25) is 0 Å². The molecule has 0 fully saturated rings. The standard InChI is InChI=1S/C14H19F2NO3/c1-3-4-8-20-9-7-17-11-6-5-10(14(18)19-2)12(15)13(11)16/h5-6,17H,3-4,7-9H2,1-2H3. The number of nitrogens with one attached hydrogen (secondary N) is 1. The van der Waals surface area contributed by atoms with E-state index >= 15 is 0 Å². The van der Waals surface area contributed by atoms with Crippen LogP contribution in [0.5, 0.6) is 0 Å². The number of carbonyl (C=O) groups is 1. The van der Waals surface area contributed by atoms with E-state index in [1.807, 2.05) is 0 Å². The molecule has 0 heterocycles. The van der Waals surface area contributed by atoms with Crippen molar-refractivity contribution in [2.75, 3.05) is 32.2 Å². The Morgan fingerprint density at radius 1 is 1.25 bits per heavy atom. The average Bonchev–Trinajstić information content (AvgIpc) is 2.46. The Bertz CT molecular complexity index is 452. The second-order valence-electron chi connectivity index (χ2n) is 4.17. The molecule has 20 heavy (non-hydrogen) atoms. The Morgan fingerprint density at radius 2 is 2.00 bits per heavy atom. The maximum atomic E-state index is 13.7. The predicted molar refractivity (Wildman–Crippen MR) is 71.9 cm³/mol. The molecule has 112 valence electrons. The first-order valence-electron chi connectivity index (χ1n) is 6.49. The largest absolute Gasteiger partial charge is 0.465 e. The summed E-state index contributed by atoms with van der Waals surface area (Å²) in [6.45, 7) is 3.47. The van der Waals surface area contributed by atoms with Crippen molar-refractivity contribution in [1.29, 1.82) is 0 Å². The second-order valence-corrected chi connectivity index (χ2v) is 4.17. The third-order valence-corrected chi connectivity index (χ3v) is 2.69. The zero-order chi connectivity index (χ0) is 15.0. The maximum Gasteiger partial charge on any atom is 0.340 e. The Labute approximate surface area is 117 Å². The lowest BCUT2D eigenvalue weighted by Crippen LogP contribution is -2.13. The molecule has 0 aromatic heterocycles. The Hall–Kier alpha value is -1.69. The summed E-state index contributed by atoms with van der Waals surface area (Å²) in [6, 6.07) is 2.49. The van der Waals surface area contributed by atoms with E-state index in [1.165, 1.54) is 12.1 Å². The number of hydrogen-bond donors (Lipinski definition) is 1. The lowest BCUT2D eigenvalue weighted by atomic mass is 10.2. The first-order valence-corrected chi connectivity index (χ1v) is 6.49. The van der Waals surface area contributed by atoms with Gasteiger partial charge in [-0.25, -0.2) is 13.6 Å². The van der Waals surface area contributed by atoms with Gasteiger partial charge in [0.1, 0.15) is 0 Å². The minimum atomic E-state index is -1.21. The van der Waals surface area contributed by atoms with Gasteiger partial charge in [-0.15, -0.1) is 0 Å². The molecule has 1 aromatic carbocycles. The highest BCUT2D eigenvalue weighted by atomic mass is 19.2. The van der Waals surface area contributed by atoms with Crippen molar-refractivity contribution in [3.63, 3.8) is 0 Å². The highest BCUT2D eigenvalue weighted by Gasteiger charge is 2.18. The molecule has 0 radical (unpaired) electrons. The van der Waals surface area contributed by atoms with Crippen molar-refractivity contribution < 1.29 is 23.0 Å².